The van der Waals surface area contributed by atoms with Gasteiger partial charge in [-0.25, -0.2) is 10.2 Å². The number of nitrogens with one attached hydrogen (secondary N) is 2. The average Bonchev–Trinajstić information content (AvgIpc) is 2.93. The van der Waals surface area contributed by atoms with Crippen molar-refractivity contribution in [3.63, 3.8) is 0 Å². The molecule has 2 aromatic rings. The maximum Gasteiger partial charge on any atom is 0.323 e. The molecule has 0 saturated heterocycles. The topological polar surface area (TPSA) is 216 Å². The van der Waals surface area contributed by atoms with Crippen LogP contribution in [0.1, 0.15) is 55.4 Å². The van der Waals surface area contributed by atoms with Crippen LogP contribution in [0.25, 0.3) is 0 Å². The molecular weight excluding hydrogens is 670 g/mol. The van der Waals surface area contributed by atoms with Crippen molar-refractivity contribution in [2.75, 3.05) is 26.5 Å². The summed E-state index contributed by atoms with van der Waals surface area (Å²) in [5.74, 6) is -0.651. The van der Waals surface area contributed by atoms with Crippen molar-refractivity contribution in [3.8, 4) is 11.5 Å². The zero-order chi connectivity index (χ0) is 37.1. The van der Waals surface area contributed by atoms with Gasteiger partial charge in [0.1, 0.15) is 23.6 Å². The van der Waals surface area contributed by atoms with E-state index < -0.39 is 48.9 Å². The Bertz CT molecular complexity index is 1390. The van der Waals surface area contributed by atoms with Gasteiger partial charge in [0.25, 0.3) is 11.4 Å². The molecule has 0 amide bonds. The van der Waals surface area contributed by atoms with Crippen molar-refractivity contribution in [1.82, 2.24) is 10.2 Å². The van der Waals surface area contributed by atoms with Crippen LogP contribution in [-0.2, 0) is 28.2 Å². The first-order chi connectivity index (χ1) is 21.8. The summed E-state index contributed by atoms with van der Waals surface area (Å²) in [4.78, 5) is 43.9. The maximum absolute atomic E-state index is 12.4. The summed E-state index contributed by atoms with van der Waals surface area (Å²) in [6, 6.07) is 8.73. The van der Waals surface area contributed by atoms with E-state index in [1.807, 2.05) is 41.5 Å². The quantitative estimate of drug-likeness (QED) is 0.0897. The Morgan fingerprint density at radius 2 is 0.938 bits per heavy atom. The van der Waals surface area contributed by atoms with Crippen LogP contribution in [-0.4, -0.2) is 60.4 Å². The van der Waals surface area contributed by atoms with Crippen molar-refractivity contribution >= 4 is 38.4 Å². The molecule has 0 bridgehead atoms. The molecule has 18 heteroatoms. The van der Waals surface area contributed by atoms with Crippen LogP contribution in [0.2, 0.25) is 0 Å². The predicted molar refractivity (Wildman–Crippen MR) is 181 cm³/mol. The fraction of sp³-hybridized carbons (Fsp3) is 0.533. The van der Waals surface area contributed by atoms with Crippen LogP contribution >= 0.6 is 15.0 Å². The lowest BCUT2D eigenvalue weighted by atomic mass is 9.99. The molecule has 16 nitrogen and oxygen atoms in total. The molecule has 0 heterocycles. The number of carbonyl (C=O) groups excluding carboxylic acids is 2. The number of hydrogen-bond acceptors (Lipinski definition) is 12. The summed E-state index contributed by atoms with van der Waals surface area (Å²) in [6.07, 6.45) is 0. The average molecular weight is 717 g/mol. The Kier molecular flexibility index (Phi) is 15.4. The summed E-state index contributed by atoms with van der Waals surface area (Å²) >= 11 is 0. The molecule has 0 radical (unpaired) electrons. The molecule has 2 aromatic carbocycles. The zero-order valence-corrected chi connectivity index (χ0v) is 30.7. The van der Waals surface area contributed by atoms with Crippen molar-refractivity contribution in [2.45, 2.75) is 67.5 Å². The van der Waals surface area contributed by atoms with E-state index in [2.05, 4.69) is 10.2 Å². The van der Waals surface area contributed by atoms with Gasteiger partial charge in [0.05, 0.1) is 23.1 Å². The number of benzene rings is 2. The van der Waals surface area contributed by atoms with Gasteiger partial charge >= 0.3 is 27.0 Å². The highest BCUT2D eigenvalue weighted by molar-refractivity contribution is 7.56. The molecule has 48 heavy (non-hydrogen) atoms. The molecule has 0 saturated carbocycles. The first-order valence-electron chi connectivity index (χ1n) is 14.7. The lowest BCUT2D eigenvalue weighted by Gasteiger charge is -2.22. The van der Waals surface area contributed by atoms with Crippen LogP contribution in [0.4, 0.5) is 11.4 Å². The number of non-ortho nitro benzene ring substituents is 2. The van der Waals surface area contributed by atoms with Gasteiger partial charge in [-0.2, -0.15) is 0 Å². The van der Waals surface area contributed by atoms with Gasteiger partial charge in [-0.3, -0.25) is 38.9 Å². The smallest absolute Gasteiger partial charge is 0.323 e. The molecule has 2 rings (SSSR count). The van der Waals surface area contributed by atoms with Gasteiger partial charge in [-0.1, -0.05) is 41.5 Å². The highest BCUT2D eigenvalue weighted by Gasteiger charge is 2.28. The van der Waals surface area contributed by atoms with Crippen LogP contribution in [0, 0.1) is 31.1 Å². The first-order valence-corrected chi connectivity index (χ1v) is 18.9. The van der Waals surface area contributed by atoms with E-state index in [1.165, 1.54) is 75.7 Å². The van der Waals surface area contributed by atoms with Gasteiger partial charge in [-0.05, 0) is 48.9 Å². The summed E-state index contributed by atoms with van der Waals surface area (Å²) in [5.41, 5.74) is -0.526. The lowest BCUT2D eigenvalue weighted by molar-refractivity contribution is -0.385. The standard InChI is InChI=1S/2C15H23N2O6P/c2*1-11(14(18)22-10-15(2,3)4)16-24(5,21)23-13-8-6-12(7-9-13)17(19)20/h2*6-9,11H,10H2,1-5H3,(H,16,21)/t2*11-,24+/m00/s1. The van der Waals surface area contributed by atoms with E-state index in [1.54, 1.807) is 0 Å². The second-order valence-electron chi connectivity index (χ2n) is 13.4. The second-order valence-corrected chi connectivity index (χ2v) is 17.7. The number of hydrogen-bond donors (Lipinski definition) is 2. The first kappa shape index (κ1) is 42.2. The summed E-state index contributed by atoms with van der Waals surface area (Å²) in [6.45, 7) is 17.8. The van der Waals surface area contributed by atoms with Gasteiger partial charge in [0.2, 0.25) is 0 Å². The molecule has 0 spiro atoms. The van der Waals surface area contributed by atoms with Crippen molar-refractivity contribution in [3.05, 3.63) is 68.8 Å². The summed E-state index contributed by atoms with van der Waals surface area (Å²) < 4.78 is 45.8. The highest BCUT2D eigenvalue weighted by atomic mass is 31.2. The third kappa shape index (κ3) is 17.4. The molecule has 268 valence electrons. The number of rotatable bonds is 14. The Morgan fingerprint density at radius 3 is 1.17 bits per heavy atom. The number of carbonyl (C=O) groups is 2. The largest absolute Gasteiger partial charge is 0.464 e. The molecule has 0 aliphatic carbocycles. The molecule has 0 aliphatic heterocycles. The van der Waals surface area contributed by atoms with Crippen LogP contribution < -0.4 is 19.2 Å². The molecule has 4 atom stereocenters. The summed E-state index contributed by atoms with van der Waals surface area (Å²) in [5, 5.41) is 26.4. The third-order valence-corrected chi connectivity index (χ3v) is 8.34. The van der Waals surface area contributed by atoms with Crippen LogP contribution in [0.5, 0.6) is 11.5 Å². The van der Waals surface area contributed by atoms with Crippen LogP contribution in [0.15, 0.2) is 48.5 Å². The van der Waals surface area contributed by atoms with Crippen molar-refractivity contribution in [1.29, 1.82) is 0 Å². The second kappa shape index (κ2) is 17.5. The lowest BCUT2D eigenvalue weighted by Crippen LogP contribution is -2.35. The Hall–Kier alpha value is -3.84. The molecule has 0 aromatic heterocycles. The Morgan fingerprint density at radius 1 is 0.667 bits per heavy atom. The fourth-order valence-corrected chi connectivity index (χ4v) is 6.12. The minimum Gasteiger partial charge on any atom is -0.464 e. The molecule has 0 fully saturated rings. The van der Waals surface area contributed by atoms with Gasteiger partial charge in [0, 0.05) is 37.6 Å². The highest BCUT2D eigenvalue weighted by Crippen LogP contribution is 2.41. The normalized spacial score (nSPS) is 15.2. The number of ether oxygens (including phenoxy) is 2. The molecule has 0 aliphatic rings. The van der Waals surface area contributed by atoms with Gasteiger partial charge in [0.15, 0.2) is 0 Å². The summed E-state index contributed by atoms with van der Waals surface area (Å²) in [7, 11) is -6.70. The molecule has 0 unspecified atom stereocenters. The van der Waals surface area contributed by atoms with Crippen molar-refractivity contribution in [2.24, 2.45) is 10.8 Å². The van der Waals surface area contributed by atoms with E-state index >= 15 is 0 Å². The van der Waals surface area contributed by atoms with Crippen molar-refractivity contribution < 1.29 is 47.1 Å². The number of nitrogens with zero attached hydrogens (tertiary/aromatic N) is 2. The molecular formula is C30H46N4O12P2. The van der Waals surface area contributed by atoms with E-state index in [0.717, 1.165) is 0 Å². The van der Waals surface area contributed by atoms with Gasteiger partial charge in [-0.15, -0.1) is 0 Å². The number of nitro groups is 2. The van der Waals surface area contributed by atoms with E-state index in [-0.39, 0.29) is 46.9 Å². The Balaban J connectivity index is 0.000000480. The third-order valence-electron chi connectivity index (χ3n) is 5.51. The minimum atomic E-state index is -3.35. The number of nitro benzene ring substituents is 2. The number of esters is 2. The van der Waals surface area contributed by atoms with Crippen LogP contribution in [0.3, 0.4) is 0 Å². The van der Waals surface area contributed by atoms with E-state index in [0.29, 0.717) is 0 Å². The van der Waals surface area contributed by atoms with E-state index in [9.17, 15) is 38.9 Å². The maximum atomic E-state index is 12.4. The zero-order valence-electron chi connectivity index (χ0n) is 28.9. The minimum absolute atomic E-state index is 0.0969. The monoisotopic (exact) mass is 716 g/mol. The molecule has 2 N–H and O–H groups in total. The predicted octanol–water partition coefficient (Wildman–Crippen LogP) is 6.73. The fourth-order valence-electron chi connectivity index (χ4n) is 3.35. The SMILES string of the molecule is C[C@H](N[P@](C)(=O)Oc1ccc([N+](=O)[O-])cc1)C(=O)OCC(C)(C)C.C[C@H](N[P@](C)(=O)Oc1ccc([N+](=O)[O-])cc1)C(=O)OCC(C)(C)C. The van der Waals surface area contributed by atoms with Gasteiger partial charge < -0.3 is 18.5 Å². The Labute approximate surface area is 280 Å². The van der Waals surface area contributed by atoms with E-state index in [4.69, 9.17) is 18.5 Å².